The Kier molecular flexibility index (Phi) is 3.95. The first kappa shape index (κ1) is 13.7. The van der Waals surface area contributed by atoms with E-state index in [0.717, 1.165) is 12.8 Å². The summed E-state index contributed by atoms with van der Waals surface area (Å²) >= 11 is 0. The summed E-state index contributed by atoms with van der Waals surface area (Å²) in [6.07, 6.45) is 1.99. The molecule has 1 saturated heterocycles. The highest BCUT2D eigenvalue weighted by atomic mass is 16.3. The van der Waals surface area contributed by atoms with Gasteiger partial charge in [0.25, 0.3) is 5.91 Å². The first-order chi connectivity index (χ1) is 8.99. The van der Waals surface area contributed by atoms with Gasteiger partial charge >= 0.3 is 0 Å². The number of likely N-dealkylation sites (tertiary alicyclic amines) is 1. The molecule has 104 valence electrons. The number of carbonyl (C=O) groups excluding carboxylic acids is 1. The van der Waals surface area contributed by atoms with Gasteiger partial charge < -0.3 is 20.8 Å². The summed E-state index contributed by atoms with van der Waals surface area (Å²) in [5.41, 5.74) is 6.29. The van der Waals surface area contributed by atoms with Crippen LogP contribution in [0.15, 0.2) is 18.2 Å². The Bertz CT molecular complexity index is 474. The first-order valence-electron chi connectivity index (χ1n) is 6.56. The van der Waals surface area contributed by atoms with Crippen molar-refractivity contribution in [2.45, 2.75) is 25.8 Å². The molecule has 0 aromatic heterocycles. The van der Waals surface area contributed by atoms with E-state index in [0.29, 0.717) is 24.6 Å². The van der Waals surface area contributed by atoms with Crippen LogP contribution < -0.4 is 5.73 Å². The maximum atomic E-state index is 12.3. The van der Waals surface area contributed by atoms with Gasteiger partial charge in [0.15, 0.2) is 11.5 Å². The van der Waals surface area contributed by atoms with E-state index < -0.39 is 0 Å². The minimum atomic E-state index is -0.272. The molecule has 5 heteroatoms. The van der Waals surface area contributed by atoms with Crippen molar-refractivity contribution in [3.63, 3.8) is 0 Å². The summed E-state index contributed by atoms with van der Waals surface area (Å²) in [5, 5.41) is 18.7. The number of piperidine rings is 1. The Balaban J connectivity index is 2.12. The van der Waals surface area contributed by atoms with Gasteiger partial charge in [0.1, 0.15) is 0 Å². The molecule has 5 nitrogen and oxygen atoms in total. The average molecular weight is 264 g/mol. The zero-order valence-corrected chi connectivity index (χ0v) is 11.0. The van der Waals surface area contributed by atoms with Crippen molar-refractivity contribution in [2.75, 3.05) is 13.1 Å². The van der Waals surface area contributed by atoms with Gasteiger partial charge in [-0.05, 0) is 43.9 Å². The Morgan fingerprint density at radius 2 is 2.16 bits per heavy atom. The molecule has 2 rings (SSSR count). The number of aromatic hydroxyl groups is 2. The molecule has 1 fully saturated rings. The van der Waals surface area contributed by atoms with Gasteiger partial charge in [-0.25, -0.2) is 0 Å². The number of hydrogen-bond acceptors (Lipinski definition) is 4. The maximum absolute atomic E-state index is 12.3. The minimum Gasteiger partial charge on any atom is -0.504 e. The zero-order chi connectivity index (χ0) is 14.0. The third kappa shape index (κ3) is 2.98. The molecule has 1 aromatic carbocycles. The first-order valence-corrected chi connectivity index (χ1v) is 6.56. The lowest BCUT2D eigenvalue weighted by atomic mass is 9.92. The van der Waals surface area contributed by atoms with Crippen LogP contribution in [0.5, 0.6) is 11.5 Å². The van der Waals surface area contributed by atoms with Crippen molar-refractivity contribution in [3.8, 4) is 11.5 Å². The summed E-state index contributed by atoms with van der Waals surface area (Å²) in [7, 11) is 0. The zero-order valence-electron chi connectivity index (χ0n) is 11.0. The van der Waals surface area contributed by atoms with Crippen LogP contribution in [0.3, 0.4) is 0 Å². The van der Waals surface area contributed by atoms with E-state index in [1.165, 1.54) is 18.2 Å². The normalized spacial score (nSPS) is 21.2. The molecule has 0 radical (unpaired) electrons. The van der Waals surface area contributed by atoms with Gasteiger partial charge in [-0.2, -0.15) is 0 Å². The van der Waals surface area contributed by atoms with Crippen molar-refractivity contribution in [2.24, 2.45) is 11.7 Å². The van der Waals surface area contributed by atoms with Crippen LogP contribution >= 0.6 is 0 Å². The molecular formula is C14H20N2O3. The fraction of sp³-hybridized carbons (Fsp3) is 0.500. The molecule has 1 aromatic rings. The lowest BCUT2D eigenvalue weighted by molar-refractivity contribution is 0.0660. The fourth-order valence-corrected chi connectivity index (χ4v) is 2.46. The van der Waals surface area contributed by atoms with E-state index in [2.05, 4.69) is 0 Å². The van der Waals surface area contributed by atoms with E-state index in [-0.39, 0.29) is 23.4 Å². The number of nitrogens with zero attached hydrogens (tertiary/aromatic N) is 1. The summed E-state index contributed by atoms with van der Waals surface area (Å²) in [6.45, 7) is 3.33. The van der Waals surface area contributed by atoms with Crippen LogP contribution in [0.4, 0.5) is 0 Å². The lowest BCUT2D eigenvalue weighted by Crippen LogP contribution is -2.45. The Labute approximate surface area is 112 Å². The Morgan fingerprint density at radius 3 is 2.79 bits per heavy atom. The Hall–Kier alpha value is -1.75. The van der Waals surface area contributed by atoms with Gasteiger partial charge in [-0.15, -0.1) is 0 Å². The third-order valence-electron chi connectivity index (χ3n) is 3.71. The summed E-state index contributed by atoms with van der Waals surface area (Å²) in [6, 6.07) is 4.22. The average Bonchev–Trinajstić information content (AvgIpc) is 2.41. The number of rotatable bonds is 2. The van der Waals surface area contributed by atoms with E-state index in [9.17, 15) is 15.0 Å². The maximum Gasteiger partial charge on any atom is 0.254 e. The number of phenols is 2. The van der Waals surface area contributed by atoms with Crippen LogP contribution in [0.1, 0.15) is 30.1 Å². The lowest BCUT2D eigenvalue weighted by Gasteiger charge is -2.34. The van der Waals surface area contributed by atoms with Crippen molar-refractivity contribution in [1.29, 1.82) is 0 Å². The van der Waals surface area contributed by atoms with Crippen LogP contribution in [0.2, 0.25) is 0 Å². The molecule has 2 atom stereocenters. The van der Waals surface area contributed by atoms with Crippen molar-refractivity contribution < 1.29 is 15.0 Å². The third-order valence-corrected chi connectivity index (χ3v) is 3.71. The molecule has 1 aliphatic heterocycles. The van der Waals surface area contributed by atoms with Gasteiger partial charge in [0.05, 0.1) is 0 Å². The summed E-state index contributed by atoms with van der Waals surface area (Å²) < 4.78 is 0. The second-order valence-electron chi connectivity index (χ2n) is 5.22. The highest BCUT2D eigenvalue weighted by molar-refractivity contribution is 5.95. The summed E-state index contributed by atoms with van der Waals surface area (Å²) in [4.78, 5) is 14.1. The second kappa shape index (κ2) is 5.48. The molecule has 4 N–H and O–H groups in total. The molecular weight excluding hydrogens is 244 g/mol. The van der Waals surface area contributed by atoms with E-state index in [4.69, 9.17) is 5.73 Å². The quantitative estimate of drug-likeness (QED) is 0.703. The largest absolute Gasteiger partial charge is 0.504 e. The number of hydrogen-bond donors (Lipinski definition) is 3. The number of nitrogens with two attached hydrogens (primary N) is 1. The molecule has 19 heavy (non-hydrogen) atoms. The predicted molar refractivity (Wildman–Crippen MR) is 72.0 cm³/mol. The molecule has 1 amide bonds. The number of carbonyl (C=O) groups is 1. The standard InChI is InChI=1S/C14H20N2O3/c1-9(15)11-3-2-6-16(8-11)14(19)10-4-5-12(17)13(18)7-10/h4-5,7,9,11,17-18H,2-3,6,8,15H2,1H3. The Morgan fingerprint density at radius 1 is 1.42 bits per heavy atom. The van der Waals surface area contributed by atoms with Crippen LogP contribution in [-0.2, 0) is 0 Å². The molecule has 2 unspecified atom stereocenters. The van der Waals surface area contributed by atoms with Crippen molar-refractivity contribution in [3.05, 3.63) is 23.8 Å². The van der Waals surface area contributed by atoms with Crippen LogP contribution in [0.25, 0.3) is 0 Å². The van der Waals surface area contributed by atoms with E-state index in [1.807, 2.05) is 6.92 Å². The van der Waals surface area contributed by atoms with Gasteiger partial charge in [-0.1, -0.05) is 0 Å². The SMILES string of the molecule is CC(N)C1CCCN(C(=O)c2ccc(O)c(O)c2)C1. The molecule has 1 aliphatic rings. The smallest absolute Gasteiger partial charge is 0.254 e. The molecule has 0 spiro atoms. The molecule has 0 aliphatic carbocycles. The highest BCUT2D eigenvalue weighted by Crippen LogP contribution is 2.27. The topological polar surface area (TPSA) is 86.8 Å². The van der Waals surface area contributed by atoms with E-state index in [1.54, 1.807) is 4.90 Å². The fourth-order valence-electron chi connectivity index (χ4n) is 2.46. The van der Waals surface area contributed by atoms with Crippen molar-refractivity contribution >= 4 is 5.91 Å². The highest BCUT2D eigenvalue weighted by Gasteiger charge is 2.26. The molecule has 0 saturated carbocycles. The number of amides is 1. The predicted octanol–water partition coefficient (Wildman–Crippen LogP) is 1.30. The number of benzene rings is 1. The van der Waals surface area contributed by atoms with E-state index >= 15 is 0 Å². The van der Waals surface area contributed by atoms with Crippen LogP contribution in [-0.4, -0.2) is 40.2 Å². The monoisotopic (exact) mass is 264 g/mol. The van der Waals surface area contributed by atoms with Gasteiger partial charge in [0, 0.05) is 24.7 Å². The number of phenolic OH excluding ortho intramolecular Hbond substituents is 2. The van der Waals surface area contributed by atoms with Crippen LogP contribution in [0, 0.1) is 5.92 Å². The van der Waals surface area contributed by atoms with Gasteiger partial charge in [0.2, 0.25) is 0 Å². The second-order valence-corrected chi connectivity index (χ2v) is 5.22. The summed E-state index contributed by atoms with van der Waals surface area (Å²) in [5.74, 6) is -0.292. The molecule has 1 heterocycles. The molecule has 0 bridgehead atoms. The minimum absolute atomic E-state index is 0.0730. The van der Waals surface area contributed by atoms with Crippen molar-refractivity contribution in [1.82, 2.24) is 4.90 Å². The van der Waals surface area contributed by atoms with Gasteiger partial charge in [-0.3, -0.25) is 4.79 Å².